The monoisotopic (exact) mass is 533 g/mol. The number of hydrogen-bond acceptors (Lipinski definition) is 1. The Morgan fingerprint density at radius 3 is 2.10 bits per heavy atom. The van der Waals surface area contributed by atoms with Crippen molar-refractivity contribution in [2.24, 2.45) is 0 Å². The number of rotatable bonds is 3. The van der Waals surface area contributed by atoms with E-state index in [-0.39, 0.29) is 7.25 Å². The molecule has 3 aromatic rings. The minimum absolute atomic E-state index is 0.0637. The molecule has 0 fully saturated rings. The molecule has 2 unspecified atom stereocenters. The van der Waals surface area contributed by atoms with Gasteiger partial charge in [-0.1, -0.05) is 0 Å². The Bertz CT molecular complexity index is 1170. The summed E-state index contributed by atoms with van der Waals surface area (Å²) in [6.45, 7) is 0. The van der Waals surface area contributed by atoms with Gasteiger partial charge in [-0.15, -0.1) is 0 Å². The molecule has 0 nitrogen and oxygen atoms in total. The SMILES string of the molecule is [SH][Zr]([Cl])([Cl])([CH]1C=Cc2ccccc21)[CH]1C(c2ccc(Cl)cc2)=Cc2ccccc21. The molecule has 5 heteroatoms. The zero-order valence-corrected chi connectivity index (χ0v) is 21.0. The molecular weight excluding hydrogens is 518 g/mol. The number of fused-ring (bicyclic) bond motifs is 2. The summed E-state index contributed by atoms with van der Waals surface area (Å²) < 4.78 is -0.188. The van der Waals surface area contributed by atoms with E-state index in [0.717, 1.165) is 16.7 Å². The Morgan fingerprint density at radius 2 is 1.38 bits per heavy atom. The first kappa shape index (κ1) is 20.2. The van der Waals surface area contributed by atoms with Gasteiger partial charge >= 0.3 is 190 Å². The van der Waals surface area contributed by atoms with Crippen LogP contribution in [0.25, 0.3) is 17.7 Å². The van der Waals surface area contributed by atoms with Crippen LogP contribution in [0.15, 0.2) is 78.9 Å². The van der Waals surface area contributed by atoms with Gasteiger partial charge in [-0.2, -0.15) is 0 Å². The minimum atomic E-state index is -4.76. The molecule has 3 aromatic carbocycles. The summed E-state index contributed by atoms with van der Waals surface area (Å²) in [7, 11) is 20.3. The van der Waals surface area contributed by atoms with Crippen LogP contribution in [0.1, 0.15) is 35.1 Å². The van der Waals surface area contributed by atoms with Gasteiger partial charge in [-0.25, -0.2) is 0 Å². The molecule has 0 saturated carbocycles. The summed E-state index contributed by atoms with van der Waals surface area (Å²) in [4.78, 5) is 0. The van der Waals surface area contributed by atoms with Gasteiger partial charge in [-0.05, 0) is 0 Å². The van der Waals surface area contributed by atoms with Gasteiger partial charge in [0.2, 0.25) is 0 Å². The average Bonchev–Trinajstić information content (AvgIpc) is 3.31. The van der Waals surface area contributed by atoms with E-state index in [0.29, 0.717) is 5.02 Å². The predicted octanol–water partition coefficient (Wildman–Crippen LogP) is 8.55. The second-order valence-corrected chi connectivity index (χ2v) is 36.1. The van der Waals surface area contributed by atoms with Gasteiger partial charge < -0.3 is 0 Å². The number of benzene rings is 3. The fourth-order valence-electron chi connectivity index (χ4n) is 4.65. The quantitative estimate of drug-likeness (QED) is 0.319. The summed E-state index contributed by atoms with van der Waals surface area (Å²) in [6, 6.07) is 24.6. The van der Waals surface area contributed by atoms with E-state index in [9.17, 15) is 0 Å². The molecule has 145 valence electrons. The van der Waals surface area contributed by atoms with Gasteiger partial charge in [0.15, 0.2) is 0 Å². The Kier molecular flexibility index (Phi) is 4.97. The second kappa shape index (κ2) is 7.15. The maximum absolute atomic E-state index is 7.56. The Balaban J connectivity index is 1.70. The van der Waals surface area contributed by atoms with Crippen molar-refractivity contribution in [1.29, 1.82) is 0 Å². The Labute approximate surface area is 188 Å². The molecule has 5 rings (SSSR count). The number of hydrogen-bond donors (Lipinski definition) is 1. The molecular formula is C24H18Cl3SZr. The van der Waals surface area contributed by atoms with Gasteiger partial charge in [0.05, 0.1) is 0 Å². The molecule has 0 spiro atoms. The van der Waals surface area contributed by atoms with Crippen molar-refractivity contribution in [3.63, 3.8) is 0 Å². The first-order valence-electron chi connectivity index (χ1n) is 9.49. The van der Waals surface area contributed by atoms with E-state index in [1.165, 1.54) is 16.7 Å². The van der Waals surface area contributed by atoms with Crippen LogP contribution in [-0.2, 0) is 14.9 Å². The number of thiol groups is 1. The molecule has 0 radical (unpaired) electrons. The Morgan fingerprint density at radius 1 is 0.759 bits per heavy atom. The van der Waals surface area contributed by atoms with E-state index in [1.807, 2.05) is 42.5 Å². The third kappa shape index (κ3) is 3.33. The molecule has 0 amide bonds. The summed E-state index contributed by atoms with van der Waals surface area (Å²) >= 11 is 1.37. The molecule has 0 bridgehead atoms. The Hall–Kier alpha value is -0.757. The van der Waals surface area contributed by atoms with Crippen LogP contribution in [0.3, 0.4) is 0 Å². The molecule has 0 aromatic heterocycles. The van der Waals surface area contributed by atoms with Gasteiger partial charge in [0.1, 0.15) is 0 Å². The molecule has 0 heterocycles. The van der Waals surface area contributed by atoms with Crippen molar-refractivity contribution in [1.82, 2.24) is 0 Å². The van der Waals surface area contributed by atoms with Crippen LogP contribution in [0.2, 0.25) is 5.02 Å². The van der Waals surface area contributed by atoms with E-state index in [2.05, 4.69) is 48.6 Å². The van der Waals surface area contributed by atoms with Crippen LogP contribution in [0.5, 0.6) is 0 Å². The van der Waals surface area contributed by atoms with Crippen molar-refractivity contribution < 1.29 is 14.9 Å². The molecule has 29 heavy (non-hydrogen) atoms. The summed E-state index contributed by atoms with van der Waals surface area (Å²) in [5, 5.41) is 0.709. The first-order valence-corrected chi connectivity index (χ1v) is 22.8. The molecule has 2 atom stereocenters. The summed E-state index contributed by atoms with van der Waals surface area (Å²) in [5.41, 5.74) is 6.90. The van der Waals surface area contributed by atoms with Crippen molar-refractivity contribution in [2.45, 2.75) is 7.25 Å². The van der Waals surface area contributed by atoms with Crippen molar-refractivity contribution in [3.05, 3.63) is 112 Å². The predicted molar refractivity (Wildman–Crippen MR) is 127 cm³/mol. The van der Waals surface area contributed by atoms with Gasteiger partial charge in [-0.3, -0.25) is 0 Å². The molecule has 0 aliphatic heterocycles. The van der Waals surface area contributed by atoms with E-state index < -0.39 is 14.9 Å². The molecule has 0 saturated heterocycles. The molecule has 2 aliphatic rings. The summed E-state index contributed by atoms with van der Waals surface area (Å²) in [5.74, 6) is 0. The average molecular weight is 536 g/mol. The zero-order chi connectivity index (χ0) is 20.2. The second-order valence-electron chi connectivity index (χ2n) is 7.74. The van der Waals surface area contributed by atoms with E-state index >= 15 is 0 Å². The molecule has 0 N–H and O–H groups in total. The third-order valence-electron chi connectivity index (χ3n) is 5.97. The summed E-state index contributed by atoms with van der Waals surface area (Å²) in [6.07, 6.45) is 6.49. The number of halogens is 3. The normalized spacial score (nSPS) is 21.2. The van der Waals surface area contributed by atoms with Crippen LogP contribution in [0, 0.1) is 0 Å². The maximum atomic E-state index is 7.56. The fourth-order valence-corrected chi connectivity index (χ4v) is 20.7. The standard InChI is InChI=1S/C15H10Cl.C9H7.2ClH.H2S.Zr/c16-15-7-5-11(6-8-15)14-9-12-3-1-2-4-13(12)10-14;1-2-5-9-7-3-6-8(9)4-1;;;;/h1-10H;1-7H;2*1H;1H2;/q;;;;;+3/p-3. The first-order chi connectivity index (χ1) is 13.8. The van der Waals surface area contributed by atoms with Crippen molar-refractivity contribution >= 4 is 55.7 Å². The van der Waals surface area contributed by atoms with E-state index in [4.69, 9.17) is 38.0 Å². The van der Waals surface area contributed by atoms with Crippen LogP contribution in [-0.4, -0.2) is 0 Å². The zero-order valence-electron chi connectivity index (χ0n) is 15.4. The van der Waals surface area contributed by atoms with Crippen LogP contribution in [0.4, 0.5) is 0 Å². The third-order valence-corrected chi connectivity index (χ3v) is 22.8. The van der Waals surface area contributed by atoms with Crippen molar-refractivity contribution in [3.8, 4) is 0 Å². The van der Waals surface area contributed by atoms with Crippen molar-refractivity contribution in [2.75, 3.05) is 0 Å². The van der Waals surface area contributed by atoms with Gasteiger partial charge in [0, 0.05) is 0 Å². The molecule has 2 aliphatic carbocycles. The number of allylic oxidation sites excluding steroid dienone is 2. The van der Waals surface area contributed by atoms with E-state index in [1.54, 1.807) is 0 Å². The van der Waals surface area contributed by atoms with Gasteiger partial charge in [0.25, 0.3) is 0 Å². The van der Waals surface area contributed by atoms with Crippen LogP contribution < -0.4 is 0 Å². The fraction of sp³-hybridized carbons (Fsp3) is 0.0833. The van der Waals surface area contributed by atoms with Crippen LogP contribution >= 0.6 is 38.0 Å². The topological polar surface area (TPSA) is 0 Å².